The molecule has 0 atom stereocenters. The van der Waals surface area contributed by atoms with Crippen molar-refractivity contribution < 1.29 is 9.59 Å². The molecule has 174 valence electrons. The highest BCUT2D eigenvalue weighted by Crippen LogP contribution is 2.40. The Labute approximate surface area is 198 Å². The van der Waals surface area contributed by atoms with Crippen LogP contribution in [0.3, 0.4) is 0 Å². The van der Waals surface area contributed by atoms with Gasteiger partial charge in [0.15, 0.2) is 0 Å². The van der Waals surface area contributed by atoms with E-state index in [4.69, 9.17) is 0 Å². The monoisotopic (exact) mass is 457 g/mol. The molecule has 0 saturated carbocycles. The molecule has 2 aromatic heterocycles. The van der Waals surface area contributed by atoms with Crippen LogP contribution in [0.2, 0.25) is 0 Å². The number of aromatic nitrogens is 3. The van der Waals surface area contributed by atoms with Crippen molar-refractivity contribution in [2.75, 3.05) is 22.1 Å². The number of hydrogen-bond acceptors (Lipinski definition) is 7. The van der Waals surface area contributed by atoms with E-state index in [-0.39, 0.29) is 23.9 Å². The lowest BCUT2D eigenvalue weighted by molar-refractivity contribution is -0.123. The van der Waals surface area contributed by atoms with Gasteiger partial charge in [-0.2, -0.15) is 0 Å². The maximum atomic E-state index is 13.5. The summed E-state index contributed by atoms with van der Waals surface area (Å²) in [5, 5.41) is 6.50. The number of anilines is 4. The molecule has 1 fully saturated rings. The summed E-state index contributed by atoms with van der Waals surface area (Å²) >= 11 is 0. The van der Waals surface area contributed by atoms with Crippen molar-refractivity contribution in [1.29, 1.82) is 0 Å². The number of fused-ring (bicyclic) bond motifs is 1. The molecule has 0 spiro atoms. The quantitative estimate of drug-likeness (QED) is 0.557. The average molecular weight is 458 g/mol. The molecule has 4 heterocycles. The molecule has 9 heteroatoms. The van der Waals surface area contributed by atoms with E-state index >= 15 is 0 Å². The van der Waals surface area contributed by atoms with E-state index < -0.39 is 5.54 Å². The summed E-state index contributed by atoms with van der Waals surface area (Å²) < 4.78 is 0. The first kappa shape index (κ1) is 21.8. The highest BCUT2D eigenvalue weighted by atomic mass is 16.2. The van der Waals surface area contributed by atoms with Gasteiger partial charge in [0.1, 0.15) is 17.2 Å². The summed E-state index contributed by atoms with van der Waals surface area (Å²) in [6.45, 7) is 8.99. The zero-order valence-corrected chi connectivity index (χ0v) is 19.7. The molecule has 34 heavy (non-hydrogen) atoms. The topological polar surface area (TPSA) is 103 Å². The van der Waals surface area contributed by atoms with E-state index in [1.807, 2.05) is 30.3 Å². The van der Waals surface area contributed by atoms with Gasteiger partial charge in [-0.25, -0.2) is 19.7 Å². The standard InChI is InChI=1S/C25H27N7O2/c1-24(2)15-29-19-12-17(5-6-18(19)24)32-22(33)25(3,4)31(23(32)34)14-16-7-8-27-20(11-16)30-21-13-26-9-10-28-21/h5-13,29H,14-15H2,1-4H3,(H,27,28,30). The molecule has 1 aromatic carbocycles. The molecule has 5 rings (SSSR count). The van der Waals surface area contributed by atoms with Gasteiger partial charge in [-0.05, 0) is 49.2 Å². The van der Waals surface area contributed by atoms with Crippen molar-refractivity contribution >= 4 is 34.9 Å². The number of rotatable bonds is 5. The van der Waals surface area contributed by atoms with Gasteiger partial charge in [0.05, 0.1) is 11.9 Å². The fraction of sp³-hybridized carbons (Fsp3) is 0.320. The summed E-state index contributed by atoms with van der Waals surface area (Å²) in [5.41, 5.74) is 2.59. The van der Waals surface area contributed by atoms with E-state index in [0.717, 1.165) is 17.8 Å². The maximum Gasteiger partial charge on any atom is 0.332 e. The van der Waals surface area contributed by atoms with Crippen LogP contribution in [0.25, 0.3) is 0 Å². The predicted octanol–water partition coefficient (Wildman–Crippen LogP) is 4.07. The van der Waals surface area contributed by atoms with Crippen molar-refractivity contribution in [1.82, 2.24) is 19.9 Å². The number of urea groups is 1. The molecule has 2 N–H and O–H groups in total. The highest BCUT2D eigenvalue weighted by molar-refractivity contribution is 6.23. The Morgan fingerprint density at radius 3 is 2.56 bits per heavy atom. The molecule has 2 aliphatic heterocycles. The van der Waals surface area contributed by atoms with E-state index in [2.05, 4.69) is 39.4 Å². The normalized spacial score (nSPS) is 18.1. The largest absolute Gasteiger partial charge is 0.384 e. The third-order valence-electron chi connectivity index (χ3n) is 6.52. The Hall–Kier alpha value is -4.01. The second kappa shape index (κ2) is 7.79. The van der Waals surface area contributed by atoms with Gasteiger partial charge < -0.3 is 15.5 Å². The minimum Gasteiger partial charge on any atom is -0.384 e. The number of benzene rings is 1. The number of nitrogens with one attached hydrogen (secondary N) is 2. The van der Waals surface area contributed by atoms with Crippen LogP contribution in [0.4, 0.5) is 27.8 Å². The Balaban J connectivity index is 1.40. The summed E-state index contributed by atoms with van der Waals surface area (Å²) in [6, 6.07) is 9.10. The fourth-order valence-electron chi connectivity index (χ4n) is 4.47. The summed E-state index contributed by atoms with van der Waals surface area (Å²) in [4.78, 5) is 42.3. The van der Waals surface area contributed by atoms with E-state index in [1.54, 1.807) is 43.5 Å². The van der Waals surface area contributed by atoms with Crippen LogP contribution in [0.5, 0.6) is 0 Å². The van der Waals surface area contributed by atoms with Gasteiger partial charge in [-0.15, -0.1) is 0 Å². The molecule has 2 aliphatic rings. The number of hydrogen-bond donors (Lipinski definition) is 2. The van der Waals surface area contributed by atoms with Crippen LogP contribution >= 0.6 is 0 Å². The number of amides is 3. The SMILES string of the molecule is CC1(C)CNc2cc(N3C(=O)N(Cc4ccnc(Nc5cnccn5)c4)C(C)(C)C3=O)ccc21. The lowest BCUT2D eigenvalue weighted by Crippen LogP contribution is -2.43. The highest BCUT2D eigenvalue weighted by Gasteiger charge is 2.52. The first-order valence-corrected chi connectivity index (χ1v) is 11.2. The van der Waals surface area contributed by atoms with Crippen LogP contribution in [-0.2, 0) is 16.8 Å². The molecule has 3 aromatic rings. The van der Waals surface area contributed by atoms with Crippen molar-refractivity contribution in [3.05, 3.63) is 66.2 Å². The Bertz CT molecular complexity index is 1270. The number of carbonyl (C=O) groups is 2. The minimum atomic E-state index is -0.995. The number of nitrogens with zero attached hydrogens (tertiary/aromatic N) is 5. The lowest BCUT2D eigenvalue weighted by atomic mass is 9.87. The fourth-order valence-corrected chi connectivity index (χ4v) is 4.47. The zero-order valence-electron chi connectivity index (χ0n) is 19.7. The van der Waals surface area contributed by atoms with Crippen LogP contribution in [-0.4, -0.2) is 43.9 Å². The van der Waals surface area contributed by atoms with E-state index in [1.165, 1.54) is 10.5 Å². The van der Waals surface area contributed by atoms with Gasteiger partial charge in [-0.3, -0.25) is 9.78 Å². The zero-order chi connectivity index (χ0) is 24.1. The van der Waals surface area contributed by atoms with Crippen LogP contribution in [0.15, 0.2) is 55.1 Å². The molecular formula is C25H27N7O2. The second-order valence-electron chi connectivity index (χ2n) is 9.80. The molecule has 0 unspecified atom stereocenters. The Morgan fingerprint density at radius 2 is 1.79 bits per heavy atom. The van der Waals surface area contributed by atoms with Crippen molar-refractivity contribution in [3.8, 4) is 0 Å². The van der Waals surface area contributed by atoms with Gasteiger partial charge >= 0.3 is 6.03 Å². The van der Waals surface area contributed by atoms with Gasteiger partial charge in [0, 0.05) is 42.8 Å². The lowest BCUT2D eigenvalue weighted by Gasteiger charge is -2.27. The first-order chi connectivity index (χ1) is 16.2. The average Bonchev–Trinajstić information content (AvgIpc) is 3.20. The number of carbonyl (C=O) groups excluding carboxylic acids is 2. The van der Waals surface area contributed by atoms with E-state index in [9.17, 15) is 9.59 Å². The smallest absolute Gasteiger partial charge is 0.332 e. The molecule has 0 aliphatic carbocycles. The van der Waals surface area contributed by atoms with Crippen LogP contribution < -0.4 is 15.5 Å². The minimum absolute atomic E-state index is 0.0105. The first-order valence-electron chi connectivity index (χ1n) is 11.2. The van der Waals surface area contributed by atoms with Crippen molar-refractivity contribution in [3.63, 3.8) is 0 Å². The maximum absolute atomic E-state index is 13.5. The summed E-state index contributed by atoms with van der Waals surface area (Å²) in [5.74, 6) is 0.902. The van der Waals surface area contributed by atoms with Gasteiger partial charge in [-0.1, -0.05) is 19.9 Å². The predicted molar refractivity (Wildman–Crippen MR) is 130 cm³/mol. The van der Waals surface area contributed by atoms with Crippen LogP contribution in [0, 0.1) is 0 Å². The molecule has 0 radical (unpaired) electrons. The van der Waals surface area contributed by atoms with Gasteiger partial charge in [0.25, 0.3) is 5.91 Å². The summed E-state index contributed by atoms with van der Waals surface area (Å²) in [7, 11) is 0. The third-order valence-corrected chi connectivity index (χ3v) is 6.52. The molecule has 0 bridgehead atoms. The Kier molecular flexibility index (Phi) is 5.00. The molecule has 1 saturated heterocycles. The van der Waals surface area contributed by atoms with Gasteiger partial charge in [0.2, 0.25) is 0 Å². The molecule has 3 amide bonds. The summed E-state index contributed by atoms with van der Waals surface area (Å²) in [6.07, 6.45) is 6.45. The Morgan fingerprint density at radius 1 is 1.00 bits per heavy atom. The molecular weight excluding hydrogens is 430 g/mol. The molecule has 9 nitrogen and oxygen atoms in total. The second-order valence-corrected chi connectivity index (χ2v) is 9.80. The van der Waals surface area contributed by atoms with Crippen LogP contribution in [0.1, 0.15) is 38.8 Å². The van der Waals surface area contributed by atoms with Crippen molar-refractivity contribution in [2.24, 2.45) is 0 Å². The number of pyridine rings is 1. The third kappa shape index (κ3) is 3.63. The van der Waals surface area contributed by atoms with E-state index in [0.29, 0.717) is 17.3 Å². The number of imide groups is 1. The van der Waals surface area contributed by atoms with Crippen molar-refractivity contribution in [2.45, 2.75) is 45.2 Å².